The van der Waals surface area contributed by atoms with E-state index in [1.54, 1.807) is 24.3 Å². The van der Waals surface area contributed by atoms with Crippen LogP contribution in [-0.2, 0) is 20.9 Å². The molecule has 0 atom stereocenters. The summed E-state index contributed by atoms with van der Waals surface area (Å²) >= 11 is 0. The van der Waals surface area contributed by atoms with Gasteiger partial charge in [-0.15, -0.1) is 0 Å². The van der Waals surface area contributed by atoms with Crippen LogP contribution in [0.5, 0.6) is 5.75 Å². The molecule has 0 saturated carbocycles. The fourth-order valence-electron chi connectivity index (χ4n) is 1.40. The molecule has 21 heavy (non-hydrogen) atoms. The molecule has 0 unspecified atom stereocenters. The van der Waals surface area contributed by atoms with Crippen LogP contribution in [0.1, 0.15) is 5.56 Å². The molecule has 3 N–H and O–H groups in total. The van der Waals surface area contributed by atoms with Gasteiger partial charge in [0.2, 0.25) is 0 Å². The van der Waals surface area contributed by atoms with E-state index in [2.05, 4.69) is 10.1 Å². The number of nitrogens with one attached hydrogen (secondary N) is 2. The monoisotopic (exact) mass is 296 g/mol. The van der Waals surface area contributed by atoms with E-state index in [1.807, 2.05) is 5.32 Å². The number of hydrogen-bond donors (Lipinski definition) is 3. The molecule has 114 valence electrons. The third-order valence-corrected chi connectivity index (χ3v) is 2.30. The maximum Gasteiger partial charge on any atom is 0.329 e. The van der Waals surface area contributed by atoms with Gasteiger partial charge in [-0.2, -0.15) is 0 Å². The molecule has 1 aromatic rings. The second kappa shape index (κ2) is 8.54. The molecule has 1 aromatic carbocycles. The summed E-state index contributed by atoms with van der Waals surface area (Å²) in [6.45, 7) is -0.885. The number of rotatable bonds is 7. The summed E-state index contributed by atoms with van der Waals surface area (Å²) in [7, 11) is 1.54. The van der Waals surface area contributed by atoms with Crippen LogP contribution in [0.3, 0.4) is 0 Å². The summed E-state index contributed by atoms with van der Waals surface area (Å²) in [5.41, 5.74) is 0.805. The van der Waals surface area contributed by atoms with Gasteiger partial charge in [0.15, 0.2) is 0 Å². The zero-order valence-corrected chi connectivity index (χ0v) is 11.4. The Hall–Kier alpha value is -2.61. The highest BCUT2D eigenvalue weighted by atomic mass is 16.5. The molecule has 8 nitrogen and oxygen atoms in total. The van der Waals surface area contributed by atoms with Gasteiger partial charge in [-0.1, -0.05) is 12.1 Å². The van der Waals surface area contributed by atoms with Crippen molar-refractivity contribution in [2.45, 2.75) is 6.54 Å². The molecule has 0 heterocycles. The molecule has 1 rings (SSSR count). The van der Waals surface area contributed by atoms with Crippen LogP contribution >= 0.6 is 0 Å². The van der Waals surface area contributed by atoms with Crippen LogP contribution in [0.15, 0.2) is 24.3 Å². The number of carbonyl (C=O) groups excluding carboxylic acids is 2. The SMILES string of the molecule is COc1cccc(CNC(=O)NC(=O)COCC(=O)O)c1. The van der Waals surface area contributed by atoms with Crippen molar-refractivity contribution in [3.05, 3.63) is 29.8 Å². The maximum atomic E-state index is 11.4. The molecule has 0 radical (unpaired) electrons. The van der Waals surface area contributed by atoms with E-state index in [4.69, 9.17) is 9.84 Å². The summed E-state index contributed by atoms with van der Waals surface area (Å²) in [4.78, 5) is 32.8. The van der Waals surface area contributed by atoms with Crippen LogP contribution in [-0.4, -0.2) is 43.3 Å². The van der Waals surface area contributed by atoms with Crippen molar-refractivity contribution in [3.8, 4) is 5.75 Å². The minimum atomic E-state index is -1.19. The number of imide groups is 1. The molecule has 0 aliphatic carbocycles. The van der Waals surface area contributed by atoms with Crippen molar-refractivity contribution in [2.24, 2.45) is 0 Å². The van der Waals surface area contributed by atoms with E-state index in [-0.39, 0.29) is 6.54 Å². The smallest absolute Gasteiger partial charge is 0.329 e. The Bertz CT molecular complexity index is 517. The highest BCUT2D eigenvalue weighted by Gasteiger charge is 2.08. The van der Waals surface area contributed by atoms with Gasteiger partial charge in [-0.3, -0.25) is 10.1 Å². The summed E-state index contributed by atoms with van der Waals surface area (Å²) in [6.07, 6.45) is 0. The Labute approximate surface area is 121 Å². The average molecular weight is 296 g/mol. The molecule has 0 bridgehead atoms. The first-order chi connectivity index (χ1) is 10.0. The molecule has 0 fully saturated rings. The second-order valence-corrected chi connectivity index (χ2v) is 3.97. The lowest BCUT2D eigenvalue weighted by Gasteiger charge is -2.08. The van der Waals surface area contributed by atoms with Gasteiger partial charge in [0.25, 0.3) is 5.91 Å². The van der Waals surface area contributed by atoms with Crippen molar-refractivity contribution >= 4 is 17.9 Å². The highest BCUT2D eigenvalue weighted by molar-refractivity contribution is 5.94. The number of ether oxygens (including phenoxy) is 2. The fraction of sp³-hybridized carbons (Fsp3) is 0.308. The van der Waals surface area contributed by atoms with Gasteiger partial charge in [-0.25, -0.2) is 9.59 Å². The molecule has 3 amide bonds. The standard InChI is InChI=1S/C13H16N2O6/c1-20-10-4-2-3-9(5-10)6-14-13(19)15-11(16)7-21-8-12(17)18/h2-5H,6-8H2,1H3,(H,17,18)(H2,14,15,16,19). The first kappa shape index (κ1) is 16.4. The van der Waals surface area contributed by atoms with Gasteiger partial charge in [-0.05, 0) is 17.7 Å². The Kier molecular flexibility index (Phi) is 6.69. The van der Waals surface area contributed by atoms with Gasteiger partial charge in [0.1, 0.15) is 19.0 Å². The largest absolute Gasteiger partial charge is 0.497 e. The summed E-state index contributed by atoms with van der Waals surface area (Å²) in [6, 6.07) is 6.39. The van der Waals surface area contributed by atoms with Crippen molar-refractivity contribution in [1.29, 1.82) is 0 Å². The number of amides is 3. The Morgan fingerprint density at radius 3 is 2.67 bits per heavy atom. The van der Waals surface area contributed by atoms with E-state index in [9.17, 15) is 14.4 Å². The molecule has 0 aromatic heterocycles. The quantitative estimate of drug-likeness (QED) is 0.658. The lowest BCUT2D eigenvalue weighted by Crippen LogP contribution is -2.41. The predicted molar refractivity (Wildman–Crippen MR) is 71.8 cm³/mol. The second-order valence-electron chi connectivity index (χ2n) is 3.97. The lowest BCUT2D eigenvalue weighted by molar-refractivity contribution is -0.143. The molecule has 0 spiro atoms. The van der Waals surface area contributed by atoms with Crippen LogP contribution in [0.2, 0.25) is 0 Å². The zero-order chi connectivity index (χ0) is 15.7. The Morgan fingerprint density at radius 1 is 1.24 bits per heavy atom. The average Bonchev–Trinajstić information content (AvgIpc) is 2.45. The summed E-state index contributed by atoms with van der Waals surface area (Å²) < 4.78 is 9.59. The van der Waals surface area contributed by atoms with Crippen molar-refractivity contribution in [1.82, 2.24) is 10.6 Å². The maximum absolute atomic E-state index is 11.4. The number of benzene rings is 1. The third-order valence-electron chi connectivity index (χ3n) is 2.30. The first-order valence-electron chi connectivity index (χ1n) is 6.01. The molecule has 8 heteroatoms. The zero-order valence-electron chi connectivity index (χ0n) is 11.4. The molecular weight excluding hydrogens is 280 g/mol. The van der Waals surface area contributed by atoms with E-state index < -0.39 is 31.1 Å². The first-order valence-corrected chi connectivity index (χ1v) is 6.01. The number of carbonyl (C=O) groups is 3. The normalized spacial score (nSPS) is 9.76. The summed E-state index contributed by atoms with van der Waals surface area (Å²) in [5.74, 6) is -1.25. The van der Waals surface area contributed by atoms with Gasteiger partial charge < -0.3 is 19.9 Å². The van der Waals surface area contributed by atoms with E-state index in [1.165, 1.54) is 7.11 Å². The van der Waals surface area contributed by atoms with Crippen molar-refractivity contribution in [3.63, 3.8) is 0 Å². The third kappa shape index (κ3) is 6.92. The van der Waals surface area contributed by atoms with Gasteiger partial charge in [0, 0.05) is 6.54 Å². The molecule has 0 saturated heterocycles. The number of hydrogen-bond acceptors (Lipinski definition) is 5. The van der Waals surface area contributed by atoms with E-state index in [0.29, 0.717) is 5.75 Å². The molecule has 0 aliphatic heterocycles. The minimum absolute atomic E-state index is 0.215. The summed E-state index contributed by atoms with van der Waals surface area (Å²) in [5, 5.41) is 12.8. The van der Waals surface area contributed by atoms with Crippen LogP contribution in [0.25, 0.3) is 0 Å². The van der Waals surface area contributed by atoms with E-state index >= 15 is 0 Å². The van der Waals surface area contributed by atoms with Crippen LogP contribution < -0.4 is 15.4 Å². The number of methoxy groups -OCH3 is 1. The van der Waals surface area contributed by atoms with Gasteiger partial charge >= 0.3 is 12.0 Å². The Morgan fingerprint density at radius 2 is 2.00 bits per heavy atom. The number of carboxylic acid groups (broad SMARTS) is 1. The van der Waals surface area contributed by atoms with Gasteiger partial charge in [0.05, 0.1) is 7.11 Å². The van der Waals surface area contributed by atoms with Crippen molar-refractivity contribution in [2.75, 3.05) is 20.3 Å². The van der Waals surface area contributed by atoms with Crippen LogP contribution in [0, 0.1) is 0 Å². The lowest BCUT2D eigenvalue weighted by atomic mass is 10.2. The van der Waals surface area contributed by atoms with Crippen molar-refractivity contribution < 1.29 is 29.0 Å². The fourth-order valence-corrected chi connectivity index (χ4v) is 1.40. The number of carboxylic acids is 1. The Balaban J connectivity index is 2.30. The topological polar surface area (TPSA) is 114 Å². The minimum Gasteiger partial charge on any atom is -0.497 e. The van der Waals surface area contributed by atoms with Crippen LogP contribution in [0.4, 0.5) is 4.79 Å². The molecule has 0 aliphatic rings. The molecular formula is C13H16N2O6. The number of aliphatic carboxylic acids is 1. The number of urea groups is 1. The highest BCUT2D eigenvalue weighted by Crippen LogP contribution is 2.11. The predicted octanol–water partition coefficient (Wildman–Crippen LogP) is 0.122. The van der Waals surface area contributed by atoms with E-state index in [0.717, 1.165) is 5.56 Å².